The minimum absolute atomic E-state index is 0.0125. The van der Waals surface area contributed by atoms with E-state index in [2.05, 4.69) is 0 Å². The maximum Gasteiger partial charge on any atom is 0.307 e. The van der Waals surface area contributed by atoms with Crippen molar-refractivity contribution in [2.45, 2.75) is 6.42 Å². The molecule has 0 aliphatic heterocycles. The molecule has 0 aliphatic carbocycles. The third kappa shape index (κ3) is 3.73. The molecule has 80 valence electrons. The van der Waals surface area contributed by atoms with Crippen LogP contribution in [0.15, 0.2) is 24.3 Å². The Bertz CT molecular complexity index is 388. The van der Waals surface area contributed by atoms with E-state index in [-0.39, 0.29) is 6.42 Å². The summed E-state index contributed by atoms with van der Waals surface area (Å²) in [6.07, 6.45) is 3.53. The van der Waals surface area contributed by atoms with Crippen molar-refractivity contribution in [3.8, 4) is 0 Å². The van der Waals surface area contributed by atoms with Gasteiger partial charge in [-0.15, -0.1) is 0 Å². The molecule has 0 spiro atoms. The standard InChI is InChI=1S/C11H12ClNO2/c12-10-4-3-9(7-11(14)15)8(6-10)2-1-5-13/h1-4,6H,5,7,13H2,(H,14,15). The highest BCUT2D eigenvalue weighted by molar-refractivity contribution is 6.30. The molecule has 0 unspecified atom stereocenters. The molecule has 3 N–H and O–H groups in total. The van der Waals surface area contributed by atoms with E-state index in [4.69, 9.17) is 22.4 Å². The minimum Gasteiger partial charge on any atom is -0.481 e. The molecular weight excluding hydrogens is 214 g/mol. The first-order valence-corrected chi connectivity index (χ1v) is 4.88. The van der Waals surface area contributed by atoms with Gasteiger partial charge in [0.2, 0.25) is 0 Å². The number of nitrogens with two attached hydrogens (primary N) is 1. The molecule has 0 aromatic heterocycles. The van der Waals surface area contributed by atoms with Crippen LogP contribution in [0.5, 0.6) is 0 Å². The number of benzene rings is 1. The van der Waals surface area contributed by atoms with Gasteiger partial charge in [0.25, 0.3) is 0 Å². The fourth-order valence-electron chi connectivity index (χ4n) is 1.24. The van der Waals surface area contributed by atoms with Gasteiger partial charge in [0.15, 0.2) is 0 Å². The molecule has 4 heteroatoms. The molecule has 1 aromatic carbocycles. The Hall–Kier alpha value is -1.32. The van der Waals surface area contributed by atoms with Gasteiger partial charge < -0.3 is 10.8 Å². The van der Waals surface area contributed by atoms with Gasteiger partial charge in [-0.25, -0.2) is 0 Å². The minimum atomic E-state index is -0.861. The van der Waals surface area contributed by atoms with E-state index in [1.165, 1.54) is 0 Å². The van der Waals surface area contributed by atoms with Crippen molar-refractivity contribution in [3.63, 3.8) is 0 Å². The highest BCUT2D eigenvalue weighted by atomic mass is 35.5. The lowest BCUT2D eigenvalue weighted by molar-refractivity contribution is -0.136. The molecule has 0 saturated heterocycles. The topological polar surface area (TPSA) is 63.3 Å². The van der Waals surface area contributed by atoms with Gasteiger partial charge in [-0.1, -0.05) is 29.8 Å². The second-order valence-corrected chi connectivity index (χ2v) is 3.49. The van der Waals surface area contributed by atoms with Gasteiger partial charge in [0.1, 0.15) is 0 Å². The Labute approximate surface area is 93.2 Å². The summed E-state index contributed by atoms with van der Waals surface area (Å²) < 4.78 is 0. The quantitative estimate of drug-likeness (QED) is 0.823. The van der Waals surface area contributed by atoms with Crippen LogP contribution in [0.4, 0.5) is 0 Å². The highest BCUT2D eigenvalue weighted by Crippen LogP contribution is 2.18. The third-order valence-corrected chi connectivity index (χ3v) is 2.12. The van der Waals surface area contributed by atoms with E-state index in [0.717, 1.165) is 11.1 Å². The van der Waals surface area contributed by atoms with Gasteiger partial charge in [0, 0.05) is 11.6 Å². The van der Waals surface area contributed by atoms with Gasteiger partial charge in [-0.05, 0) is 23.3 Å². The summed E-state index contributed by atoms with van der Waals surface area (Å²) in [5.74, 6) is -0.861. The largest absolute Gasteiger partial charge is 0.481 e. The van der Waals surface area contributed by atoms with Crippen LogP contribution in [0.1, 0.15) is 11.1 Å². The maximum absolute atomic E-state index is 10.6. The van der Waals surface area contributed by atoms with Crippen LogP contribution in [-0.4, -0.2) is 17.6 Å². The van der Waals surface area contributed by atoms with E-state index >= 15 is 0 Å². The summed E-state index contributed by atoms with van der Waals surface area (Å²) in [5, 5.41) is 9.29. The molecule has 0 heterocycles. The van der Waals surface area contributed by atoms with Gasteiger partial charge in [-0.2, -0.15) is 0 Å². The van der Waals surface area contributed by atoms with Crippen LogP contribution in [0.25, 0.3) is 6.08 Å². The second-order valence-electron chi connectivity index (χ2n) is 3.05. The predicted molar refractivity (Wildman–Crippen MR) is 60.9 cm³/mol. The number of carbonyl (C=O) groups is 1. The van der Waals surface area contributed by atoms with E-state index in [1.54, 1.807) is 30.4 Å². The molecular formula is C11H12ClNO2. The summed E-state index contributed by atoms with van der Waals surface area (Å²) in [6.45, 7) is 0.416. The zero-order valence-electron chi connectivity index (χ0n) is 8.11. The second kappa shape index (κ2) is 5.53. The highest BCUT2D eigenvalue weighted by Gasteiger charge is 2.05. The summed E-state index contributed by atoms with van der Waals surface area (Å²) in [4.78, 5) is 10.6. The fourth-order valence-corrected chi connectivity index (χ4v) is 1.42. The average molecular weight is 226 g/mol. The third-order valence-electron chi connectivity index (χ3n) is 1.88. The molecule has 0 bridgehead atoms. The first kappa shape index (κ1) is 11.8. The Morgan fingerprint density at radius 1 is 1.53 bits per heavy atom. The van der Waals surface area contributed by atoms with Crippen molar-refractivity contribution in [1.82, 2.24) is 0 Å². The number of aliphatic carboxylic acids is 1. The summed E-state index contributed by atoms with van der Waals surface area (Å²) >= 11 is 5.82. The van der Waals surface area contributed by atoms with Crippen LogP contribution in [-0.2, 0) is 11.2 Å². The lowest BCUT2D eigenvalue weighted by atomic mass is 10.0. The van der Waals surface area contributed by atoms with Crippen molar-refractivity contribution < 1.29 is 9.90 Å². The maximum atomic E-state index is 10.6. The van der Waals surface area contributed by atoms with Crippen LogP contribution in [0.3, 0.4) is 0 Å². The molecule has 0 fully saturated rings. The Kier molecular flexibility index (Phi) is 4.34. The fraction of sp³-hybridized carbons (Fsp3) is 0.182. The monoisotopic (exact) mass is 225 g/mol. The first-order valence-electron chi connectivity index (χ1n) is 4.50. The first-order chi connectivity index (χ1) is 7.13. The number of carboxylic acid groups (broad SMARTS) is 1. The zero-order chi connectivity index (χ0) is 11.3. The summed E-state index contributed by atoms with van der Waals surface area (Å²) in [6, 6.07) is 5.12. The molecule has 0 radical (unpaired) electrons. The Morgan fingerprint density at radius 3 is 2.87 bits per heavy atom. The van der Waals surface area contributed by atoms with Gasteiger partial charge in [0.05, 0.1) is 6.42 Å². The lowest BCUT2D eigenvalue weighted by Crippen LogP contribution is -2.02. The number of halogens is 1. The molecule has 3 nitrogen and oxygen atoms in total. The number of hydrogen-bond donors (Lipinski definition) is 2. The molecule has 1 aromatic rings. The normalized spacial score (nSPS) is 10.8. The number of hydrogen-bond acceptors (Lipinski definition) is 2. The van der Waals surface area contributed by atoms with E-state index < -0.39 is 5.97 Å². The smallest absolute Gasteiger partial charge is 0.307 e. The van der Waals surface area contributed by atoms with Crippen molar-refractivity contribution in [2.24, 2.45) is 5.73 Å². The molecule has 0 atom stereocenters. The predicted octanol–water partition coefficient (Wildman–Crippen LogP) is 1.94. The number of rotatable bonds is 4. The SMILES string of the molecule is NCC=Cc1cc(Cl)ccc1CC(=O)O. The van der Waals surface area contributed by atoms with Gasteiger partial charge in [-0.3, -0.25) is 4.79 Å². The molecule has 0 amide bonds. The molecule has 0 aliphatic rings. The molecule has 0 saturated carbocycles. The Morgan fingerprint density at radius 2 is 2.27 bits per heavy atom. The lowest BCUT2D eigenvalue weighted by Gasteiger charge is -2.03. The van der Waals surface area contributed by atoms with E-state index in [9.17, 15) is 4.79 Å². The van der Waals surface area contributed by atoms with Crippen LogP contribution >= 0.6 is 11.6 Å². The summed E-state index contributed by atoms with van der Waals surface area (Å²) in [7, 11) is 0. The number of carboxylic acids is 1. The van der Waals surface area contributed by atoms with E-state index in [1.807, 2.05) is 0 Å². The average Bonchev–Trinajstić information content (AvgIpc) is 2.18. The van der Waals surface area contributed by atoms with Crippen molar-refractivity contribution in [2.75, 3.05) is 6.54 Å². The zero-order valence-corrected chi connectivity index (χ0v) is 8.87. The molecule has 15 heavy (non-hydrogen) atoms. The van der Waals surface area contributed by atoms with Crippen LogP contribution < -0.4 is 5.73 Å². The van der Waals surface area contributed by atoms with Gasteiger partial charge >= 0.3 is 5.97 Å². The summed E-state index contributed by atoms with van der Waals surface area (Å²) in [5.41, 5.74) is 6.86. The van der Waals surface area contributed by atoms with Crippen molar-refractivity contribution in [1.29, 1.82) is 0 Å². The van der Waals surface area contributed by atoms with E-state index in [0.29, 0.717) is 11.6 Å². The van der Waals surface area contributed by atoms with Crippen LogP contribution in [0.2, 0.25) is 5.02 Å². The Balaban J connectivity index is 3.02. The van der Waals surface area contributed by atoms with Crippen molar-refractivity contribution in [3.05, 3.63) is 40.4 Å². The molecule has 1 rings (SSSR count). The van der Waals surface area contributed by atoms with Crippen molar-refractivity contribution >= 4 is 23.6 Å². The van der Waals surface area contributed by atoms with Crippen LogP contribution in [0, 0.1) is 0 Å².